The minimum Gasteiger partial charge on any atom is -0.383 e. The van der Waals surface area contributed by atoms with Crippen molar-refractivity contribution >= 4 is 28.1 Å². The first-order valence-corrected chi connectivity index (χ1v) is 7.50. The van der Waals surface area contributed by atoms with Crippen LogP contribution in [0.15, 0.2) is 23.1 Å². The number of nitro groups is 1. The van der Waals surface area contributed by atoms with Gasteiger partial charge in [0.05, 0.1) is 11.5 Å². The third-order valence-corrected chi connectivity index (χ3v) is 3.99. The second-order valence-electron chi connectivity index (χ2n) is 3.98. The summed E-state index contributed by atoms with van der Waals surface area (Å²) >= 11 is 0. The van der Waals surface area contributed by atoms with E-state index in [2.05, 4.69) is 10.0 Å². The van der Waals surface area contributed by atoms with Gasteiger partial charge in [-0.1, -0.05) is 6.07 Å². The van der Waals surface area contributed by atoms with Crippen molar-refractivity contribution < 1.29 is 22.5 Å². The Labute approximate surface area is 133 Å². The maximum atomic E-state index is 13.4. The Hall–Kier alpha value is -1.33. The number of hydrogen-bond acceptors (Lipinski definition) is 6. The van der Waals surface area contributed by atoms with Crippen LogP contribution < -0.4 is 10.0 Å². The van der Waals surface area contributed by atoms with E-state index in [9.17, 15) is 22.9 Å². The highest BCUT2D eigenvalue weighted by Gasteiger charge is 2.28. The van der Waals surface area contributed by atoms with E-state index in [-0.39, 0.29) is 19.0 Å². The molecule has 1 aromatic rings. The number of ether oxygens (including phenoxy) is 1. The summed E-state index contributed by atoms with van der Waals surface area (Å²) in [5.74, 6) is -1.19. The highest BCUT2D eigenvalue weighted by molar-refractivity contribution is 7.89. The van der Waals surface area contributed by atoms with Crippen LogP contribution in [0.25, 0.3) is 0 Å². The maximum absolute atomic E-state index is 13.4. The van der Waals surface area contributed by atoms with E-state index in [1.165, 1.54) is 7.11 Å². The number of nitro benzene ring substituents is 1. The van der Waals surface area contributed by atoms with E-state index in [1.807, 2.05) is 0 Å². The minimum absolute atomic E-state index is 0. The molecule has 0 saturated carbocycles. The Kier molecular flexibility index (Phi) is 9.06. The lowest BCUT2D eigenvalue weighted by Gasteiger charge is -2.08. The summed E-state index contributed by atoms with van der Waals surface area (Å²) in [6, 6.07) is 2.93. The van der Waals surface area contributed by atoms with Crippen LogP contribution in [0.5, 0.6) is 0 Å². The SMILES string of the molecule is COCCNCCNS(=O)(=O)c1cccc(F)c1[N+](=O)[O-].Cl. The first kappa shape index (κ1) is 20.7. The molecule has 0 radical (unpaired) electrons. The molecule has 0 unspecified atom stereocenters. The minimum atomic E-state index is -4.15. The number of sulfonamides is 1. The van der Waals surface area contributed by atoms with Gasteiger partial charge < -0.3 is 10.1 Å². The Bertz CT molecular complexity index is 599. The summed E-state index contributed by atoms with van der Waals surface area (Å²) in [5.41, 5.74) is -1.06. The van der Waals surface area contributed by atoms with Crippen molar-refractivity contribution in [3.63, 3.8) is 0 Å². The fraction of sp³-hybridized carbons (Fsp3) is 0.455. The normalized spacial score (nSPS) is 11.0. The average molecular weight is 358 g/mol. The molecular formula is C11H17ClFN3O5S. The molecule has 0 aliphatic heterocycles. The smallest absolute Gasteiger partial charge is 0.324 e. The number of hydrogen-bond donors (Lipinski definition) is 2. The molecule has 0 amide bonds. The molecule has 1 aromatic carbocycles. The van der Waals surface area contributed by atoms with Crippen LogP contribution in [0.1, 0.15) is 0 Å². The van der Waals surface area contributed by atoms with Crippen LogP contribution in [0.4, 0.5) is 10.1 Å². The molecule has 11 heteroatoms. The molecule has 0 saturated heterocycles. The molecular weight excluding hydrogens is 341 g/mol. The van der Waals surface area contributed by atoms with Gasteiger partial charge >= 0.3 is 5.69 Å². The van der Waals surface area contributed by atoms with Gasteiger partial charge in [0, 0.05) is 26.7 Å². The van der Waals surface area contributed by atoms with Crippen molar-refractivity contribution in [1.82, 2.24) is 10.0 Å². The molecule has 0 bridgehead atoms. The Balaban J connectivity index is 0.00000441. The van der Waals surface area contributed by atoms with E-state index in [4.69, 9.17) is 4.74 Å². The number of rotatable bonds is 9. The van der Waals surface area contributed by atoms with E-state index in [1.54, 1.807) is 0 Å². The Morgan fingerprint density at radius 3 is 2.59 bits per heavy atom. The quantitative estimate of drug-likeness (QED) is 0.382. The molecule has 1 rings (SSSR count). The molecule has 2 N–H and O–H groups in total. The van der Waals surface area contributed by atoms with Gasteiger partial charge in [-0.05, 0) is 12.1 Å². The third kappa shape index (κ3) is 5.81. The summed E-state index contributed by atoms with van der Waals surface area (Å²) in [6.45, 7) is 1.34. The van der Waals surface area contributed by atoms with E-state index < -0.39 is 31.3 Å². The molecule has 0 aromatic heterocycles. The van der Waals surface area contributed by atoms with Crippen molar-refractivity contribution in [2.75, 3.05) is 33.4 Å². The number of para-hydroxylation sites is 1. The van der Waals surface area contributed by atoms with Crippen molar-refractivity contribution in [2.24, 2.45) is 0 Å². The fourth-order valence-corrected chi connectivity index (χ4v) is 2.75. The number of nitrogens with zero attached hydrogens (tertiary/aromatic N) is 1. The second-order valence-corrected chi connectivity index (χ2v) is 5.72. The topological polar surface area (TPSA) is 111 Å². The van der Waals surface area contributed by atoms with Crippen LogP contribution in [-0.2, 0) is 14.8 Å². The number of benzene rings is 1. The molecule has 0 aliphatic rings. The van der Waals surface area contributed by atoms with Crippen LogP contribution in [0.3, 0.4) is 0 Å². The van der Waals surface area contributed by atoms with E-state index >= 15 is 0 Å². The van der Waals surface area contributed by atoms with Crippen LogP contribution in [-0.4, -0.2) is 46.7 Å². The largest absolute Gasteiger partial charge is 0.383 e. The van der Waals surface area contributed by atoms with E-state index in [0.29, 0.717) is 19.7 Å². The number of nitrogens with one attached hydrogen (secondary N) is 2. The summed E-state index contributed by atoms with van der Waals surface area (Å²) in [7, 11) is -2.62. The monoisotopic (exact) mass is 357 g/mol. The molecule has 0 heterocycles. The predicted octanol–water partition coefficient (Wildman–Crippen LogP) is 0.670. The zero-order valence-electron chi connectivity index (χ0n) is 11.7. The van der Waals surface area contributed by atoms with Crippen LogP contribution >= 0.6 is 12.4 Å². The van der Waals surface area contributed by atoms with Gasteiger partial charge in [-0.3, -0.25) is 10.1 Å². The molecule has 0 fully saturated rings. The summed E-state index contributed by atoms with van der Waals surface area (Å²) < 4.78 is 44.3. The highest BCUT2D eigenvalue weighted by Crippen LogP contribution is 2.26. The fourth-order valence-electron chi connectivity index (χ4n) is 1.54. The third-order valence-electron chi connectivity index (χ3n) is 2.50. The van der Waals surface area contributed by atoms with Gasteiger partial charge in [0.2, 0.25) is 15.8 Å². The zero-order valence-corrected chi connectivity index (χ0v) is 13.4. The average Bonchev–Trinajstić information content (AvgIpc) is 2.42. The van der Waals surface area contributed by atoms with Gasteiger partial charge in [0.15, 0.2) is 4.90 Å². The van der Waals surface area contributed by atoms with Gasteiger partial charge in [-0.25, -0.2) is 13.1 Å². The molecule has 0 atom stereocenters. The molecule has 8 nitrogen and oxygen atoms in total. The lowest BCUT2D eigenvalue weighted by molar-refractivity contribution is -0.390. The molecule has 0 spiro atoms. The number of methoxy groups -OCH3 is 1. The Morgan fingerprint density at radius 1 is 1.32 bits per heavy atom. The number of halogens is 2. The predicted molar refractivity (Wildman–Crippen MR) is 80.2 cm³/mol. The molecule has 22 heavy (non-hydrogen) atoms. The van der Waals surface area contributed by atoms with Gasteiger partial charge in [0.1, 0.15) is 0 Å². The van der Waals surface area contributed by atoms with Crippen molar-refractivity contribution in [1.29, 1.82) is 0 Å². The van der Waals surface area contributed by atoms with Crippen molar-refractivity contribution in [2.45, 2.75) is 4.90 Å². The van der Waals surface area contributed by atoms with Crippen molar-refractivity contribution in [3.8, 4) is 0 Å². The highest BCUT2D eigenvalue weighted by atomic mass is 35.5. The summed E-state index contributed by atoms with van der Waals surface area (Å²) in [4.78, 5) is 9.04. The standard InChI is InChI=1S/C11H16FN3O5S.ClH/c1-20-8-7-13-5-6-14-21(18,19)10-4-2-3-9(12)11(10)15(16)17;/h2-4,13-14H,5-8H2,1H3;1H. The van der Waals surface area contributed by atoms with Crippen molar-refractivity contribution in [3.05, 3.63) is 34.1 Å². The second kappa shape index (κ2) is 9.64. The van der Waals surface area contributed by atoms with Crippen LogP contribution in [0.2, 0.25) is 0 Å². The maximum Gasteiger partial charge on any atom is 0.324 e. The lowest BCUT2D eigenvalue weighted by Crippen LogP contribution is -2.33. The zero-order chi connectivity index (χ0) is 15.9. The first-order valence-electron chi connectivity index (χ1n) is 6.02. The molecule has 0 aliphatic carbocycles. The lowest BCUT2D eigenvalue weighted by atomic mass is 10.3. The van der Waals surface area contributed by atoms with Gasteiger partial charge in [-0.2, -0.15) is 4.39 Å². The Morgan fingerprint density at radius 2 is 2.00 bits per heavy atom. The van der Waals surface area contributed by atoms with E-state index in [0.717, 1.165) is 18.2 Å². The van der Waals surface area contributed by atoms with Gasteiger partial charge in [-0.15, -0.1) is 12.4 Å². The molecule has 126 valence electrons. The first-order chi connectivity index (χ1) is 9.90. The van der Waals surface area contributed by atoms with Crippen LogP contribution in [0, 0.1) is 15.9 Å². The summed E-state index contributed by atoms with van der Waals surface area (Å²) in [6.07, 6.45) is 0. The van der Waals surface area contributed by atoms with Gasteiger partial charge in [0.25, 0.3) is 0 Å². The summed E-state index contributed by atoms with van der Waals surface area (Å²) in [5, 5.41) is 13.7.